The van der Waals surface area contributed by atoms with E-state index < -0.39 is 5.54 Å². The molecule has 0 saturated heterocycles. The van der Waals surface area contributed by atoms with Gasteiger partial charge in [0.25, 0.3) is 0 Å². The van der Waals surface area contributed by atoms with E-state index in [1.807, 2.05) is 13.0 Å². The average molecular weight is 221 g/mol. The van der Waals surface area contributed by atoms with E-state index in [1.54, 1.807) is 12.1 Å². The van der Waals surface area contributed by atoms with E-state index in [9.17, 15) is 4.39 Å². The summed E-state index contributed by atoms with van der Waals surface area (Å²) in [5.41, 5.74) is 6.84. The van der Waals surface area contributed by atoms with E-state index in [-0.39, 0.29) is 5.82 Å². The fourth-order valence-corrected chi connectivity index (χ4v) is 2.78. The van der Waals surface area contributed by atoms with Crippen LogP contribution < -0.4 is 5.73 Å². The predicted octanol–water partition coefficient (Wildman–Crippen LogP) is 3.58. The average Bonchev–Trinajstić information content (AvgIpc) is 2.70. The zero-order valence-corrected chi connectivity index (χ0v) is 9.88. The van der Waals surface area contributed by atoms with Crippen molar-refractivity contribution in [3.63, 3.8) is 0 Å². The normalized spacial score (nSPS) is 20.9. The van der Waals surface area contributed by atoms with Gasteiger partial charge in [-0.25, -0.2) is 4.39 Å². The van der Waals surface area contributed by atoms with Gasteiger partial charge in [0.2, 0.25) is 0 Å². The second-order valence-electron chi connectivity index (χ2n) is 5.28. The molecule has 1 atom stereocenters. The van der Waals surface area contributed by atoms with Gasteiger partial charge < -0.3 is 5.73 Å². The third-order valence-electron chi connectivity index (χ3n) is 3.67. The van der Waals surface area contributed by atoms with Gasteiger partial charge >= 0.3 is 0 Å². The van der Waals surface area contributed by atoms with E-state index in [2.05, 4.69) is 0 Å². The van der Waals surface area contributed by atoms with Crippen molar-refractivity contribution < 1.29 is 4.39 Å². The Bertz CT molecular complexity index is 354. The summed E-state index contributed by atoms with van der Waals surface area (Å²) < 4.78 is 13.2. The molecule has 1 aliphatic rings. The first-order valence-electron chi connectivity index (χ1n) is 6.13. The number of benzene rings is 1. The van der Waals surface area contributed by atoms with Crippen LogP contribution in [0.1, 0.15) is 44.6 Å². The van der Waals surface area contributed by atoms with Crippen LogP contribution in [0.4, 0.5) is 4.39 Å². The molecular weight excluding hydrogens is 201 g/mol. The summed E-state index contributed by atoms with van der Waals surface area (Å²) in [5.74, 6) is 0.527. The van der Waals surface area contributed by atoms with Gasteiger partial charge in [-0.05, 0) is 37.0 Å². The molecule has 1 fully saturated rings. The Hall–Kier alpha value is -0.890. The number of rotatable bonds is 3. The zero-order chi connectivity index (χ0) is 11.6. The van der Waals surface area contributed by atoms with Crippen molar-refractivity contribution in [3.8, 4) is 0 Å². The highest BCUT2D eigenvalue weighted by Crippen LogP contribution is 2.35. The quantitative estimate of drug-likeness (QED) is 0.829. The van der Waals surface area contributed by atoms with Crippen molar-refractivity contribution in [2.75, 3.05) is 0 Å². The van der Waals surface area contributed by atoms with Crippen molar-refractivity contribution in [3.05, 3.63) is 35.6 Å². The number of nitrogens with two attached hydrogens (primary N) is 1. The number of hydrogen-bond acceptors (Lipinski definition) is 1. The van der Waals surface area contributed by atoms with Crippen LogP contribution in [0, 0.1) is 11.7 Å². The SMILES string of the molecule is CC(N)(CC1CCCC1)c1cccc(F)c1. The molecule has 1 unspecified atom stereocenters. The third kappa shape index (κ3) is 2.62. The van der Waals surface area contributed by atoms with Gasteiger partial charge in [-0.3, -0.25) is 0 Å². The maximum atomic E-state index is 13.2. The van der Waals surface area contributed by atoms with Crippen molar-refractivity contribution in [1.82, 2.24) is 0 Å². The highest BCUT2D eigenvalue weighted by atomic mass is 19.1. The monoisotopic (exact) mass is 221 g/mol. The van der Waals surface area contributed by atoms with Crippen LogP contribution in [0.5, 0.6) is 0 Å². The highest BCUT2D eigenvalue weighted by molar-refractivity contribution is 5.24. The van der Waals surface area contributed by atoms with E-state index >= 15 is 0 Å². The Balaban J connectivity index is 2.10. The lowest BCUT2D eigenvalue weighted by molar-refractivity contribution is 0.348. The Morgan fingerprint density at radius 3 is 2.69 bits per heavy atom. The summed E-state index contributed by atoms with van der Waals surface area (Å²) in [7, 11) is 0. The maximum absolute atomic E-state index is 13.2. The highest BCUT2D eigenvalue weighted by Gasteiger charge is 2.27. The van der Waals surface area contributed by atoms with E-state index in [1.165, 1.54) is 31.7 Å². The van der Waals surface area contributed by atoms with Gasteiger partial charge in [-0.15, -0.1) is 0 Å². The third-order valence-corrected chi connectivity index (χ3v) is 3.67. The lowest BCUT2D eigenvalue weighted by Crippen LogP contribution is -2.35. The summed E-state index contributed by atoms with van der Waals surface area (Å²) in [4.78, 5) is 0. The first-order valence-corrected chi connectivity index (χ1v) is 6.13. The largest absolute Gasteiger partial charge is 0.322 e. The summed E-state index contributed by atoms with van der Waals surface area (Å²) in [6, 6.07) is 6.70. The molecule has 0 aliphatic heterocycles. The van der Waals surface area contributed by atoms with Gasteiger partial charge in [0, 0.05) is 5.54 Å². The van der Waals surface area contributed by atoms with Crippen LogP contribution in [-0.4, -0.2) is 0 Å². The van der Waals surface area contributed by atoms with Crippen LogP contribution in [0.25, 0.3) is 0 Å². The fraction of sp³-hybridized carbons (Fsp3) is 0.571. The molecule has 1 aromatic carbocycles. The Morgan fingerprint density at radius 1 is 1.38 bits per heavy atom. The maximum Gasteiger partial charge on any atom is 0.123 e. The van der Waals surface area contributed by atoms with E-state index in [4.69, 9.17) is 5.73 Å². The molecule has 1 aromatic rings. The van der Waals surface area contributed by atoms with Gasteiger partial charge in [0.05, 0.1) is 0 Å². The van der Waals surface area contributed by atoms with Gasteiger partial charge in [-0.2, -0.15) is 0 Å². The fourth-order valence-electron chi connectivity index (χ4n) is 2.78. The van der Waals surface area contributed by atoms with E-state index in [0.29, 0.717) is 0 Å². The molecule has 0 heterocycles. The molecule has 0 bridgehead atoms. The Morgan fingerprint density at radius 2 is 2.06 bits per heavy atom. The first kappa shape index (κ1) is 11.6. The Kier molecular flexibility index (Phi) is 3.29. The molecular formula is C14H20FN. The smallest absolute Gasteiger partial charge is 0.123 e. The minimum Gasteiger partial charge on any atom is -0.322 e. The molecule has 16 heavy (non-hydrogen) atoms. The molecule has 1 saturated carbocycles. The lowest BCUT2D eigenvalue weighted by Gasteiger charge is -2.28. The summed E-state index contributed by atoms with van der Waals surface area (Å²) in [5, 5.41) is 0. The molecule has 0 radical (unpaired) electrons. The van der Waals surface area contributed by atoms with Crippen molar-refractivity contribution in [2.24, 2.45) is 11.7 Å². The van der Waals surface area contributed by atoms with E-state index in [0.717, 1.165) is 17.9 Å². The summed E-state index contributed by atoms with van der Waals surface area (Å²) in [6.07, 6.45) is 6.18. The van der Waals surface area contributed by atoms with Crippen molar-refractivity contribution in [2.45, 2.75) is 44.6 Å². The standard InChI is InChI=1S/C14H20FN/c1-14(16,10-11-5-2-3-6-11)12-7-4-8-13(15)9-12/h4,7-9,11H,2-3,5-6,10,16H2,1H3. The Labute approximate surface area is 96.9 Å². The minimum atomic E-state index is -0.392. The van der Waals surface area contributed by atoms with Crippen LogP contribution >= 0.6 is 0 Å². The molecule has 2 heteroatoms. The molecule has 0 spiro atoms. The number of halogens is 1. The van der Waals surface area contributed by atoms with Crippen LogP contribution in [-0.2, 0) is 5.54 Å². The first-order chi connectivity index (χ1) is 7.58. The molecule has 1 aliphatic carbocycles. The minimum absolute atomic E-state index is 0.194. The molecule has 1 nitrogen and oxygen atoms in total. The molecule has 0 aromatic heterocycles. The molecule has 88 valence electrons. The lowest BCUT2D eigenvalue weighted by atomic mass is 9.83. The number of hydrogen-bond donors (Lipinski definition) is 1. The second-order valence-corrected chi connectivity index (χ2v) is 5.28. The summed E-state index contributed by atoms with van der Waals surface area (Å²) >= 11 is 0. The molecule has 0 amide bonds. The second kappa shape index (κ2) is 4.54. The van der Waals surface area contributed by atoms with Crippen LogP contribution in [0.15, 0.2) is 24.3 Å². The van der Waals surface area contributed by atoms with Gasteiger partial charge in [0.15, 0.2) is 0 Å². The van der Waals surface area contributed by atoms with Crippen molar-refractivity contribution in [1.29, 1.82) is 0 Å². The predicted molar refractivity (Wildman–Crippen MR) is 64.5 cm³/mol. The molecule has 2 rings (SSSR count). The topological polar surface area (TPSA) is 26.0 Å². The van der Waals surface area contributed by atoms with Gasteiger partial charge in [-0.1, -0.05) is 37.8 Å². The van der Waals surface area contributed by atoms with Crippen LogP contribution in [0.2, 0.25) is 0 Å². The zero-order valence-electron chi connectivity index (χ0n) is 9.88. The van der Waals surface area contributed by atoms with Gasteiger partial charge in [0.1, 0.15) is 5.82 Å². The summed E-state index contributed by atoms with van der Waals surface area (Å²) in [6.45, 7) is 2.01. The molecule has 2 N–H and O–H groups in total. The van der Waals surface area contributed by atoms with Crippen LogP contribution in [0.3, 0.4) is 0 Å². The van der Waals surface area contributed by atoms with Crippen molar-refractivity contribution >= 4 is 0 Å².